The molecule has 0 spiro atoms. The highest BCUT2D eigenvalue weighted by atomic mass is 28.4. The Morgan fingerprint density at radius 1 is 1.16 bits per heavy atom. The van der Waals surface area contributed by atoms with Gasteiger partial charge in [-0.15, -0.1) is 0 Å². The van der Waals surface area contributed by atoms with Crippen molar-refractivity contribution in [2.75, 3.05) is 0 Å². The zero-order valence-electron chi connectivity index (χ0n) is 17.1. The summed E-state index contributed by atoms with van der Waals surface area (Å²) in [7, 11) is -1.68. The number of ketones is 1. The molecule has 1 saturated carbocycles. The summed E-state index contributed by atoms with van der Waals surface area (Å²) in [5, 5.41) is 0. The van der Waals surface area contributed by atoms with E-state index in [1.807, 2.05) is 0 Å². The maximum atomic E-state index is 12.6. The average molecular weight is 363 g/mol. The molecular weight excluding hydrogens is 324 g/mol. The fraction of sp³-hybridized carbons (Fsp3) is 0.773. The Hall–Kier alpha value is -0.833. The summed E-state index contributed by atoms with van der Waals surface area (Å²) >= 11 is 0. The van der Waals surface area contributed by atoms with Crippen LogP contribution in [0.1, 0.15) is 73.1 Å². The number of hydrogen-bond donors (Lipinski definition) is 0. The molecule has 0 N–H and O–H groups in total. The third kappa shape index (κ3) is 4.47. The van der Waals surface area contributed by atoms with E-state index in [-0.39, 0.29) is 5.92 Å². The van der Waals surface area contributed by atoms with Crippen LogP contribution in [0.15, 0.2) is 23.5 Å². The van der Waals surface area contributed by atoms with Gasteiger partial charge >= 0.3 is 0 Å². The lowest BCUT2D eigenvalue weighted by Gasteiger charge is -2.41. The number of Topliss-reactive ketones (excluding diaryl/α,β-unsaturated/α-hetero) is 1. The molecule has 2 rings (SSSR count). The fourth-order valence-corrected chi connectivity index (χ4v) is 7.49. The smallest absolute Gasteiger partial charge is 0.250 e. The van der Waals surface area contributed by atoms with E-state index in [4.69, 9.17) is 4.43 Å². The first-order chi connectivity index (χ1) is 11.9. The van der Waals surface area contributed by atoms with Crippen LogP contribution in [0.2, 0.25) is 18.1 Å². The molecule has 0 unspecified atom stereocenters. The lowest BCUT2D eigenvalue weighted by molar-refractivity contribution is -0.126. The van der Waals surface area contributed by atoms with Gasteiger partial charge in [-0.2, -0.15) is 0 Å². The standard InChI is InChI=1S/C22H38O2Si/c1-7-25(8-2,9-3)24-22-15-18(16(4)5)14-20(17(22)6)19-12-10-11-13-21(19)23/h18-20H,4,7-15H2,1-3,5-6H3/t18-,19+,20+/m1/s1. The summed E-state index contributed by atoms with van der Waals surface area (Å²) in [5.41, 5.74) is 2.63. The molecule has 0 saturated heterocycles. The monoisotopic (exact) mass is 362 g/mol. The van der Waals surface area contributed by atoms with Crippen molar-refractivity contribution in [1.29, 1.82) is 0 Å². The van der Waals surface area contributed by atoms with Crippen molar-refractivity contribution in [3.05, 3.63) is 23.5 Å². The summed E-state index contributed by atoms with van der Waals surface area (Å²) < 4.78 is 6.84. The molecule has 0 bridgehead atoms. The maximum absolute atomic E-state index is 12.6. The molecule has 0 aromatic carbocycles. The normalized spacial score (nSPS) is 28.2. The van der Waals surface area contributed by atoms with E-state index in [0.29, 0.717) is 17.6 Å². The number of carbonyl (C=O) groups is 1. The van der Waals surface area contributed by atoms with Crippen LogP contribution >= 0.6 is 0 Å². The molecular formula is C22H38O2Si. The average Bonchev–Trinajstić information content (AvgIpc) is 2.62. The van der Waals surface area contributed by atoms with Gasteiger partial charge in [-0.3, -0.25) is 4.79 Å². The summed E-state index contributed by atoms with van der Waals surface area (Å²) in [6.45, 7) is 15.5. The highest BCUT2D eigenvalue weighted by molar-refractivity contribution is 6.73. The minimum Gasteiger partial charge on any atom is -0.547 e. The minimum atomic E-state index is -1.68. The number of rotatable bonds is 7. The van der Waals surface area contributed by atoms with Crippen LogP contribution in [0.4, 0.5) is 0 Å². The third-order valence-electron chi connectivity index (χ3n) is 7.02. The second kappa shape index (κ2) is 8.70. The van der Waals surface area contributed by atoms with Gasteiger partial charge in [0.1, 0.15) is 5.78 Å². The molecule has 0 amide bonds. The molecule has 2 aliphatic rings. The van der Waals surface area contributed by atoms with Crippen LogP contribution in [0.3, 0.4) is 0 Å². The first-order valence-corrected chi connectivity index (χ1v) is 13.0. The van der Waals surface area contributed by atoms with E-state index >= 15 is 0 Å². The molecule has 2 nitrogen and oxygen atoms in total. The molecule has 0 radical (unpaired) electrons. The lowest BCUT2D eigenvalue weighted by atomic mass is 9.68. The van der Waals surface area contributed by atoms with E-state index in [2.05, 4.69) is 41.2 Å². The van der Waals surface area contributed by atoms with Crippen molar-refractivity contribution in [2.45, 2.75) is 91.3 Å². The van der Waals surface area contributed by atoms with Gasteiger partial charge in [-0.25, -0.2) is 0 Å². The van der Waals surface area contributed by atoms with Crippen LogP contribution in [-0.2, 0) is 9.22 Å². The summed E-state index contributed by atoms with van der Waals surface area (Å²) in [4.78, 5) is 12.6. The van der Waals surface area contributed by atoms with Crippen molar-refractivity contribution >= 4 is 14.1 Å². The Bertz CT molecular complexity index is 522. The topological polar surface area (TPSA) is 26.3 Å². The van der Waals surface area contributed by atoms with E-state index < -0.39 is 8.32 Å². The SMILES string of the molecule is C=C(C)[C@H]1CC(O[Si](CC)(CC)CC)=C(C)[C@@H]([C@@H]2CCCCC2=O)C1. The third-order valence-corrected chi connectivity index (χ3v) is 11.6. The van der Waals surface area contributed by atoms with Crippen molar-refractivity contribution in [3.8, 4) is 0 Å². The Labute approximate surface area is 156 Å². The van der Waals surface area contributed by atoms with Gasteiger partial charge in [0.15, 0.2) is 0 Å². The van der Waals surface area contributed by atoms with Crippen LogP contribution < -0.4 is 0 Å². The summed E-state index contributed by atoms with van der Waals surface area (Å²) in [6.07, 6.45) is 6.20. The molecule has 0 aromatic heterocycles. The minimum absolute atomic E-state index is 0.218. The second-order valence-corrected chi connectivity index (χ2v) is 13.1. The van der Waals surface area contributed by atoms with Crippen LogP contribution in [0.5, 0.6) is 0 Å². The predicted octanol–water partition coefficient (Wildman–Crippen LogP) is 6.64. The Morgan fingerprint density at radius 2 is 1.80 bits per heavy atom. The van der Waals surface area contributed by atoms with E-state index in [1.54, 1.807) is 0 Å². The molecule has 3 heteroatoms. The quantitative estimate of drug-likeness (QED) is 0.374. The first-order valence-electron chi connectivity index (χ1n) is 10.4. The molecule has 3 atom stereocenters. The Balaban J connectivity index is 2.34. The molecule has 0 heterocycles. The fourth-order valence-electron chi connectivity index (χ4n) is 4.79. The number of carbonyl (C=O) groups excluding carboxylic acids is 1. The second-order valence-electron chi connectivity index (χ2n) is 8.36. The summed E-state index contributed by atoms with van der Waals surface area (Å²) in [5.74, 6) is 2.77. The van der Waals surface area contributed by atoms with Crippen LogP contribution in [0, 0.1) is 17.8 Å². The highest BCUT2D eigenvalue weighted by Crippen LogP contribution is 2.45. The molecule has 2 aliphatic carbocycles. The largest absolute Gasteiger partial charge is 0.547 e. The van der Waals surface area contributed by atoms with Gasteiger partial charge in [0.2, 0.25) is 8.32 Å². The van der Waals surface area contributed by atoms with Crippen molar-refractivity contribution in [3.63, 3.8) is 0 Å². The van der Waals surface area contributed by atoms with Gasteiger partial charge in [0.25, 0.3) is 0 Å². The molecule has 142 valence electrons. The number of hydrogen-bond acceptors (Lipinski definition) is 2. The zero-order valence-corrected chi connectivity index (χ0v) is 18.1. The van der Waals surface area contributed by atoms with Gasteiger partial charge in [0.05, 0.1) is 5.76 Å². The molecule has 1 fully saturated rings. The van der Waals surface area contributed by atoms with E-state index in [1.165, 1.54) is 41.5 Å². The predicted molar refractivity (Wildman–Crippen MR) is 109 cm³/mol. The van der Waals surface area contributed by atoms with Gasteiger partial charge in [0, 0.05) is 18.8 Å². The van der Waals surface area contributed by atoms with Gasteiger partial charge in [-0.1, -0.05) is 39.3 Å². The van der Waals surface area contributed by atoms with E-state index in [9.17, 15) is 4.79 Å². The zero-order chi connectivity index (χ0) is 18.6. The Kier molecular flexibility index (Phi) is 7.13. The van der Waals surface area contributed by atoms with Gasteiger partial charge < -0.3 is 4.43 Å². The Morgan fingerprint density at radius 3 is 2.32 bits per heavy atom. The highest BCUT2D eigenvalue weighted by Gasteiger charge is 2.40. The summed E-state index contributed by atoms with van der Waals surface area (Å²) in [6, 6.07) is 3.50. The first kappa shape index (κ1) is 20.5. The molecule has 0 aromatic rings. The van der Waals surface area contributed by atoms with Crippen LogP contribution in [-0.4, -0.2) is 14.1 Å². The maximum Gasteiger partial charge on any atom is 0.250 e. The van der Waals surface area contributed by atoms with Crippen LogP contribution in [0.25, 0.3) is 0 Å². The number of allylic oxidation sites excluding steroid dienone is 3. The van der Waals surface area contributed by atoms with Gasteiger partial charge in [-0.05, 0) is 68.7 Å². The van der Waals surface area contributed by atoms with Crippen molar-refractivity contribution in [2.24, 2.45) is 17.8 Å². The lowest BCUT2D eigenvalue weighted by Crippen LogP contribution is -2.38. The molecule has 0 aliphatic heterocycles. The molecule has 25 heavy (non-hydrogen) atoms. The van der Waals surface area contributed by atoms with E-state index in [0.717, 1.165) is 32.1 Å². The van der Waals surface area contributed by atoms with Crippen molar-refractivity contribution in [1.82, 2.24) is 0 Å². The van der Waals surface area contributed by atoms with Crippen molar-refractivity contribution < 1.29 is 9.22 Å².